The molecule has 0 fully saturated rings. The van der Waals surface area contributed by atoms with Crippen molar-refractivity contribution in [2.75, 3.05) is 32.1 Å². The first-order valence-corrected chi connectivity index (χ1v) is 7.39. The van der Waals surface area contributed by atoms with E-state index in [1.807, 2.05) is 20.0 Å². The molecule has 0 aliphatic carbocycles. The maximum absolute atomic E-state index is 11.1. The highest BCUT2D eigenvalue weighted by Crippen LogP contribution is 2.25. The summed E-state index contributed by atoms with van der Waals surface area (Å²) in [5.74, 6) is 0. The number of aliphatic hydroxyl groups is 1. The molecule has 0 heterocycles. The molecule has 0 unspecified atom stereocenters. The third-order valence-corrected chi connectivity index (χ3v) is 3.28. The van der Waals surface area contributed by atoms with E-state index in [-0.39, 0.29) is 17.2 Å². The number of nitrogens with zero attached hydrogens (tertiary/aromatic N) is 2. The Labute approximate surface area is 125 Å². The number of anilines is 1. The second-order valence-corrected chi connectivity index (χ2v) is 5.16. The molecular weight excluding hydrogens is 270 g/mol. The lowest BCUT2D eigenvalue weighted by Crippen LogP contribution is -2.19. The zero-order chi connectivity index (χ0) is 15.7. The minimum absolute atomic E-state index is 0.128. The first-order chi connectivity index (χ1) is 10.1. The average Bonchev–Trinajstić information content (AvgIpc) is 2.45. The zero-order valence-electron chi connectivity index (χ0n) is 12.8. The molecule has 0 aliphatic rings. The fourth-order valence-electron chi connectivity index (χ4n) is 2.23. The molecule has 0 radical (unpaired) electrons. The van der Waals surface area contributed by atoms with Gasteiger partial charge in [0.2, 0.25) is 0 Å². The number of benzene rings is 1. The monoisotopic (exact) mass is 295 g/mol. The van der Waals surface area contributed by atoms with E-state index in [1.165, 1.54) is 0 Å². The minimum atomic E-state index is -0.345. The van der Waals surface area contributed by atoms with E-state index in [9.17, 15) is 10.1 Å². The number of nitro benzene ring substituents is 1. The molecule has 21 heavy (non-hydrogen) atoms. The molecule has 118 valence electrons. The van der Waals surface area contributed by atoms with Crippen LogP contribution in [0.15, 0.2) is 18.2 Å². The van der Waals surface area contributed by atoms with Gasteiger partial charge in [-0.3, -0.25) is 10.1 Å². The second kappa shape index (κ2) is 9.31. The third-order valence-electron chi connectivity index (χ3n) is 3.28. The molecular formula is C15H25N3O3. The maximum atomic E-state index is 11.1. The molecule has 0 saturated heterocycles. The van der Waals surface area contributed by atoms with Crippen LogP contribution in [0.4, 0.5) is 11.4 Å². The van der Waals surface area contributed by atoms with Crippen LogP contribution in [0.5, 0.6) is 0 Å². The van der Waals surface area contributed by atoms with Crippen LogP contribution >= 0.6 is 0 Å². The van der Waals surface area contributed by atoms with Gasteiger partial charge in [-0.25, -0.2) is 0 Å². The van der Waals surface area contributed by atoms with Gasteiger partial charge in [0.05, 0.1) is 4.92 Å². The van der Waals surface area contributed by atoms with E-state index >= 15 is 0 Å². The molecule has 0 spiro atoms. The largest absolute Gasteiger partial charge is 0.396 e. The maximum Gasteiger partial charge on any atom is 0.292 e. The lowest BCUT2D eigenvalue weighted by Gasteiger charge is -2.17. The Kier molecular flexibility index (Phi) is 7.71. The van der Waals surface area contributed by atoms with E-state index < -0.39 is 0 Å². The Balaban J connectivity index is 2.62. The molecule has 1 rings (SSSR count). The van der Waals surface area contributed by atoms with Crippen LogP contribution in [0.1, 0.15) is 31.7 Å². The van der Waals surface area contributed by atoms with Crippen LogP contribution < -0.4 is 5.32 Å². The zero-order valence-corrected chi connectivity index (χ0v) is 12.8. The molecule has 0 atom stereocenters. The number of nitro groups is 1. The Bertz CT molecular complexity index is 452. The van der Waals surface area contributed by atoms with Gasteiger partial charge in [0.25, 0.3) is 5.69 Å². The van der Waals surface area contributed by atoms with Crippen molar-refractivity contribution in [1.82, 2.24) is 4.90 Å². The van der Waals surface area contributed by atoms with E-state index in [2.05, 4.69) is 10.2 Å². The van der Waals surface area contributed by atoms with Crippen LogP contribution in [0.3, 0.4) is 0 Å². The Morgan fingerprint density at radius 2 is 2.10 bits per heavy atom. The first-order valence-electron chi connectivity index (χ1n) is 7.39. The predicted molar refractivity (Wildman–Crippen MR) is 84.5 cm³/mol. The summed E-state index contributed by atoms with van der Waals surface area (Å²) in [4.78, 5) is 12.9. The van der Waals surface area contributed by atoms with Crippen molar-refractivity contribution in [3.8, 4) is 0 Å². The molecule has 2 N–H and O–H groups in total. The minimum Gasteiger partial charge on any atom is -0.396 e. The summed E-state index contributed by atoms with van der Waals surface area (Å²) in [5.41, 5.74) is 1.63. The summed E-state index contributed by atoms with van der Waals surface area (Å²) < 4.78 is 0. The smallest absolute Gasteiger partial charge is 0.292 e. The van der Waals surface area contributed by atoms with Gasteiger partial charge in [-0.2, -0.15) is 0 Å². The van der Waals surface area contributed by atoms with Gasteiger partial charge in [-0.05, 0) is 51.4 Å². The summed E-state index contributed by atoms with van der Waals surface area (Å²) in [6.45, 7) is 4.42. The van der Waals surface area contributed by atoms with Gasteiger partial charge in [0.1, 0.15) is 5.69 Å². The normalized spacial score (nSPS) is 10.9. The highest BCUT2D eigenvalue weighted by Gasteiger charge is 2.14. The van der Waals surface area contributed by atoms with Gasteiger partial charge in [-0.1, -0.05) is 6.07 Å². The average molecular weight is 295 g/mol. The summed E-state index contributed by atoms with van der Waals surface area (Å²) >= 11 is 0. The molecule has 0 amide bonds. The predicted octanol–water partition coefficient (Wildman–Crippen LogP) is 2.62. The van der Waals surface area contributed by atoms with E-state index in [1.54, 1.807) is 12.1 Å². The quantitative estimate of drug-likeness (QED) is 0.394. The molecule has 6 nitrogen and oxygen atoms in total. The van der Waals surface area contributed by atoms with Crippen LogP contribution in [0.25, 0.3) is 0 Å². The molecule has 1 aromatic carbocycles. The lowest BCUT2D eigenvalue weighted by molar-refractivity contribution is -0.384. The Morgan fingerprint density at radius 3 is 2.71 bits per heavy atom. The first kappa shape index (κ1) is 17.4. The van der Waals surface area contributed by atoms with Gasteiger partial charge in [-0.15, -0.1) is 0 Å². The summed E-state index contributed by atoms with van der Waals surface area (Å²) in [7, 11) is 2.00. The Hall–Kier alpha value is -1.66. The number of hydrogen-bond donors (Lipinski definition) is 2. The van der Waals surface area contributed by atoms with Crippen LogP contribution in [-0.2, 0) is 6.54 Å². The van der Waals surface area contributed by atoms with Crippen molar-refractivity contribution < 1.29 is 10.0 Å². The SMILES string of the molecule is CCNc1ccc(CN(C)CCCCCO)cc1[N+](=O)[O-]. The third kappa shape index (κ3) is 6.10. The van der Waals surface area contributed by atoms with Crippen molar-refractivity contribution in [2.45, 2.75) is 32.7 Å². The van der Waals surface area contributed by atoms with Crippen molar-refractivity contribution in [3.63, 3.8) is 0 Å². The van der Waals surface area contributed by atoms with E-state index in [0.717, 1.165) is 31.4 Å². The summed E-state index contributed by atoms with van der Waals surface area (Å²) in [5, 5.41) is 22.8. The topological polar surface area (TPSA) is 78.6 Å². The second-order valence-electron chi connectivity index (χ2n) is 5.16. The molecule has 0 bridgehead atoms. The van der Waals surface area contributed by atoms with Crippen LogP contribution in [-0.4, -0.2) is 41.7 Å². The van der Waals surface area contributed by atoms with Gasteiger partial charge < -0.3 is 15.3 Å². The number of unbranched alkanes of at least 4 members (excludes halogenated alkanes) is 2. The number of nitrogens with one attached hydrogen (secondary N) is 1. The lowest BCUT2D eigenvalue weighted by atomic mass is 10.1. The van der Waals surface area contributed by atoms with Gasteiger partial charge in [0.15, 0.2) is 0 Å². The number of aliphatic hydroxyl groups excluding tert-OH is 1. The van der Waals surface area contributed by atoms with E-state index in [4.69, 9.17) is 5.11 Å². The molecule has 0 saturated carbocycles. The van der Waals surface area contributed by atoms with Crippen molar-refractivity contribution in [2.24, 2.45) is 0 Å². The van der Waals surface area contributed by atoms with Gasteiger partial charge >= 0.3 is 0 Å². The fourth-order valence-corrected chi connectivity index (χ4v) is 2.23. The summed E-state index contributed by atoms with van der Waals surface area (Å²) in [6.07, 6.45) is 2.85. The van der Waals surface area contributed by atoms with Crippen molar-refractivity contribution >= 4 is 11.4 Å². The van der Waals surface area contributed by atoms with Gasteiger partial charge in [0, 0.05) is 25.8 Å². The highest BCUT2D eigenvalue weighted by molar-refractivity contribution is 5.62. The fraction of sp³-hybridized carbons (Fsp3) is 0.600. The van der Waals surface area contributed by atoms with Crippen molar-refractivity contribution in [3.05, 3.63) is 33.9 Å². The highest BCUT2D eigenvalue weighted by atomic mass is 16.6. The number of rotatable bonds is 10. The number of hydrogen-bond acceptors (Lipinski definition) is 5. The Morgan fingerprint density at radius 1 is 1.33 bits per heavy atom. The van der Waals surface area contributed by atoms with Crippen LogP contribution in [0, 0.1) is 10.1 Å². The van der Waals surface area contributed by atoms with E-state index in [0.29, 0.717) is 18.8 Å². The molecule has 0 aliphatic heterocycles. The summed E-state index contributed by atoms with van der Waals surface area (Å²) in [6, 6.07) is 5.34. The molecule has 0 aromatic heterocycles. The standard InChI is InChI=1S/C15H25N3O3/c1-3-16-14-8-7-13(11-15(14)18(20)21)12-17(2)9-5-4-6-10-19/h7-8,11,16,19H,3-6,9-10,12H2,1-2H3. The van der Waals surface area contributed by atoms with Crippen molar-refractivity contribution in [1.29, 1.82) is 0 Å². The molecule has 6 heteroatoms. The van der Waals surface area contributed by atoms with Crippen LogP contribution in [0.2, 0.25) is 0 Å². The molecule has 1 aromatic rings.